The van der Waals surface area contributed by atoms with Crippen molar-refractivity contribution in [2.45, 2.75) is 361 Å². The van der Waals surface area contributed by atoms with E-state index in [0.717, 1.165) is 62.5 Å². The van der Waals surface area contributed by atoms with Gasteiger partial charge in [0.2, 0.25) is 11.6 Å². The minimum atomic E-state index is -2.45. The third-order valence-corrected chi connectivity index (χ3v) is 29.9. The van der Waals surface area contributed by atoms with Crippen LogP contribution in [-0.4, -0.2) is 272 Å². The number of carbonyl (C=O) groups excluding carboxylic acids is 10. The summed E-state index contributed by atoms with van der Waals surface area (Å²) < 4.78 is 83.0. The number of Topliss-reactive ketones (excluding diaryl/α,β-unsaturated/α-hetero) is 6. The zero-order valence-electron chi connectivity index (χ0n) is 86.5. The van der Waals surface area contributed by atoms with Crippen molar-refractivity contribution in [1.29, 1.82) is 0 Å². The van der Waals surface area contributed by atoms with Crippen molar-refractivity contribution in [3.8, 4) is 0 Å². The maximum absolute atomic E-state index is 14.5. The fourth-order valence-electron chi connectivity index (χ4n) is 21.2. The van der Waals surface area contributed by atoms with Gasteiger partial charge < -0.3 is 110 Å². The number of fused-ring (bicyclic) bond motifs is 6. The molecular formula is C108H170IN2O26-. The monoisotopic (exact) mass is 2040 g/mol. The lowest BCUT2D eigenvalue weighted by Gasteiger charge is -2.43. The number of carbonyl (C=O) groups is 10. The third-order valence-electron chi connectivity index (χ3n) is 29.9. The van der Waals surface area contributed by atoms with Gasteiger partial charge in [-0.05, 0) is 201 Å². The van der Waals surface area contributed by atoms with Gasteiger partial charge in [-0.15, -0.1) is 0 Å². The molecule has 0 spiro atoms. The maximum Gasteiger partial charge on any atom is 0.329 e. The van der Waals surface area contributed by atoms with Crippen LogP contribution in [0, 0.1) is 71.0 Å². The normalized spacial score (nSPS) is 37.2. The Labute approximate surface area is 835 Å². The second-order valence-corrected chi connectivity index (χ2v) is 40.6. The Morgan fingerprint density at radius 3 is 1.20 bits per heavy atom. The number of amides is 2. The lowest BCUT2D eigenvalue weighted by atomic mass is 9.79. The van der Waals surface area contributed by atoms with Crippen molar-refractivity contribution in [3.05, 3.63) is 95.2 Å². The van der Waals surface area contributed by atoms with Crippen LogP contribution in [-0.2, 0) is 114 Å². The molecule has 1 unspecified atom stereocenters. The Bertz CT molecular complexity index is 4100. The van der Waals surface area contributed by atoms with Crippen LogP contribution in [0.4, 0.5) is 0 Å². The van der Waals surface area contributed by atoms with Crippen LogP contribution in [0.3, 0.4) is 0 Å². The molecule has 4 bridgehead atoms. The Morgan fingerprint density at radius 2 is 0.810 bits per heavy atom. The number of aliphatic hydroxyl groups is 2. The molecule has 0 radical (unpaired) electrons. The number of nitrogens with zero attached hydrogens (tertiary/aromatic N) is 2. The zero-order valence-corrected chi connectivity index (χ0v) is 88.7. The van der Waals surface area contributed by atoms with Crippen molar-refractivity contribution in [1.82, 2.24) is 9.80 Å². The van der Waals surface area contributed by atoms with E-state index in [2.05, 4.69) is 13.8 Å². The summed E-state index contributed by atoms with van der Waals surface area (Å²) >= 11 is 0. The first kappa shape index (κ1) is 120. The highest BCUT2D eigenvalue weighted by atomic mass is 127. The first-order valence-corrected chi connectivity index (χ1v) is 50.6. The average Bonchev–Trinajstić information content (AvgIpc) is 0.776. The van der Waals surface area contributed by atoms with Gasteiger partial charge in [0.25, 0.3) is 23.4 Å². The highest BCUT2D eigenvalue weighted by Gasteiger charge is 2.56. The minimum absolute atomic E-state index is 0. The van der Waals surface area contributed by atoms with Gasteiger partial charge >= 0.3 is 11.9 Å². The second-order valence-electron chi connectivity index (χ2n) is 40.6. The number of rotatable bonds is 20. The molecule has 2 N–H and O–H groups in total. The molecule has 8 aliphatic rings. The number of halogens is 1. The highest BCUT2D eigenvalue weighted by Crippen LogP contribution is 2.42. The maximum atomic E-state index is 14.5. The predicted octanol–water partition coefficient (Wildman–Crippen LogP) is 12.8. The Kier molecular flexibility index (Phi) is 52.3. The largest absolute Gasteiger partial charge is 1.00 e. The van der Waals surface area contributed by atoms with Gasteiger partial charge in [0.15, 0.2) is 11.6 Å². The molecule has 0 aromatic heterocycles. The molecule has 2 saturated carbocycles. The minimum Gasteiger partial charge on any atom is -1.00 e. The summed E-state index contributed by atoms with van der Waals surface area (Å²) in [6.07, 6.45) is 31.7. The van der Waals surface area contributed by atoms with Crippen LogP contribution < -0.4 is 24.0 Å². The SMILES string of the molecule is COCCOCCOC1C[C@@H]2CC[C@@H](C)[C@@](O)(O2)C(=O)C(=O)N2CCCC[C@H]2C(=O)O[C@H]([C@H](C)C[C@@H]2CCC[C@H](OC)C2)CC(=O)[C@H](C)/C=C(\C)[C@@H](OC)[C@@H](OC)C(=O)[C@H](C)C[C@H](C)/C=C/C=CC=C1C.CO[C@H]1CCC[C@@H](C[C@@H](C)[C@@H]2CC(=O)[C@H](C)/C=C(\C)[C@@H](OC)[C@@H](OC)C(=O)[C@H](C)C[C@H](C)/C=C/C=C/C=C(\C)[C@@H](OC)C[C@@H]3CC[C@@H](C)[C@@](O)(O3)C(=O)C(=O)N3CCCC[C@H]3C(=O)O2)C1.[I-]. The van der Waals surface area contributed by atoms with Crippen molar-refractivity contribution in [2.24, 2.45) is 71.0 Å². The topological polar surface area (TPSA) is 347 Å². The number of allylic oxidation sites excluding steroid dienone is 12. The molecule has 29 heteroatoms. The molecular weight excluding hydrogens is 1870 g/mol. The number of hydrogen-bond acceptors (Lipinski definition) is 26. The van der Waals surface area contributed by atoms with Crippen molar-refractivity contribution >= 4 is 58.5 Å². The van der Waals surface area contributed by atoms with Gasteiger partial charge in [0, 0.05) is 131 Å². The molecule has 776 valence electrons. The third kappa shape index (κ3) is 35.2. The van der Waals surface area contributed by atoms with E-state index in [1.165, 1.54) is 38.2 Å². The van der Waals surface area contributed by atoms with Gasteiger partial charge in [-0.2, -0.15) is 0 Å². The van der Waals surface area contributed by atoms with Gasteiger partial charge in [-0.1, -0.05) is 168 Å². The molecule has 4 saturated heterocycles. The Hall–Kier alpha value is -6.01. The van der Waals surface area contributed by atoms with E-state index in [1.807, 2.05) is 116 Å². The number of esters is 2. The van der Waals surface area contributed by atoms with E-state index in [-0.39, 0.29) is 147 Å². The fraction of sp³-hybridized carbons (Fsp3) is 0.759. The molecule has 2 aliphatic carbocycles. The van der Waals surface area contributed by atoms with Crippen LogP contribution in [0.2, 0.25) is 0 Å². The van der Waals surface area contributed by atoms with Crippen molar-refractivity contribution in [3.63, 3.8) is 0 Å². The summed E-state index contributed by atoms with van der Waals surface area (Å²) in [4.78, 5) is 145. The first-order chi connectivity index (χ1) is 64.8. The van der Waals surface area contributed by atoms with Crippen LogP contribution in [0.1, 0.15) is 264 Å². The van der Waals surface area contributed by atoms with E-state index in [9.17, 15) is 58.2 Å². The van der Waals surface area contributed by atoms with Crippen LogP contribution in [0.5, 0.6) is 0 Å². The van der Waals surface area contributed by atoms with E-state index in [1.54, 1.807) is 68.3 Å². The summed E-state index contributed by atoms with van der Waals surface area (Å²) in [5.74, 6) is -14.1. The molecule has 0 aromatic rings. The smallest absolute Gasteiger partial charge is 0.329 e. The number of hydrogen-bond donors (Lipinski definition) is 2. The molecule has 8 rings (SSSR count). The summed E-state index contributed by atoms with van der Waals surface area (Å²) in [7, 11) is 12.7. The van der Waals surface area contributed by atoms with Gasteiger partial charge in [-0.3, -0.25) is 38.4 Å². The molecule has 6 aliphatic heterocycles. The number of cyclic esters (lactones) is 2. The van der Waals surface area contributed by atoms with E-state index in [4.69, 9.17) is 66.3 Å². The van der Waals surface area contributed by atoms with Gasteiger partial charge in [0.1, 0.15) is 60.3 Å². The van der Waals surface area contributed by atoms with Crippen LogP contribution in [0.15, 0.2) is 95.2 Å². The highest BCUT2D eigenvalue weighted by molar-refractivity contribution is 6.39. The molecule has 6 fully saturated rings. The Morgan fingerprint density at radius 1 is 0.416 bits per heavy atom. The van der Waals surface area contributed by atoms with E-state index < -0.39 is 144 Å². The quantitative estimate of drug-likeness (QED) is 0.0376. The number of methoxy groups -OCH3 is 8. The summed E-state index contributed by atoms with van der Waals surface area (Å²) in [5, 5.41) is 24.1. The van der Waals surface area contributed by atoms with Gasteiger partial charge in [0.05, 0.1) is 63.1 Å². The summed E-state index contributed by atoms with van der Waals surface area (Å²) in [5.41, 5.74) is 3.10. The molecule has 6 heterocycles. The number of ketones is 6. The lowest BCUT2D eigenvalue weighted by Crippen LogP contribution is -3.00. The zero-order chi connectivity index (χ0) is 100. The first-order valence-electron chi connectivity index (χ1n) is 50.6. The number of piperidine rings is 2. The van der Waals surface area contributed by atoms with Crippen molar-refractivity contribution in [2.75, 3.05) is 96.4 Å². The lowest BCUT2D eigenvalue weighted by molar-refractivity contribution is -0.266. The van der Waals surface area contributed by atoms with E-state index in [0.29, 0.717) is 126 Å². The fourth-order valence-corrected chi connectivity index (χ4v) is 21.2. The summed E-state index contributed by atoms with van der Waals surface area (Å²) in [6.45, 7) is 28.0. The number of ether oxygens (including phenoxy) is 14. The molecule has 2 amide bonds. The molecule has 0 aromatic carbocycles. The Balaban J connectivity index is 0.000000419. The standard InChI is InChI=1S/C56H89NO14.C52H81NO12.HI/c1-36-18-13-12-14-19-37(2)48(69-29-28-68-27-26-64-8)34-45-24-23-42(7)56(63,71-45)53(60)54(61)57-25-16-15-22-46(57)55(62)70-49(39(4)32-43-20-17-21-44(33-43)65-9)35-47(58)38(3)31-41(6)51(66-10)52(67-11)50(59)40(5)30-36;1-32-18-13-12-14-19-33(2)44(61-9)30-41-24-23-38(7)52(59,65-41)49(56)50(57)53-25-16-15-22-42(53)51(58)64-45(35(4)28-39-20-17-21-40(29-39)60-8)31-43(54)34(3)27-37(6)47(62-10)48(63-11)46(55)36(5)26-32;/h12-14,18-19,31,36,38-40,42-46,48-49,51-52,63H,15-17,20-30,32-35H2,1-11H3;12-14,18-19,27,32,34-36,38-42,44-45,47-48,59H,15-17,20-26,28-31H2,1-11H3;1H/p-1/b14-12?,18-13+,37-19?,41-31+;14-12+,18-13+,33-19+,37-27+;/t36-,38-,39-,40-,42-,43+,44+,45+,46+,48?,49+,51-,52+,56-;32-,34-,35-,36-,38-,39+,40+,41+,42+,44+,45+,47-,48+,52-;/m11./s1. The van der Waals surface area contributed by atoms with Crippen molar-refractivity contribution < 1.29 is 148 Å². The summed E-state index contributed by atoms with van der Waals surface area (Å²) in [6, 6.07) is -2.20. The predicted molar refractivity (Wildman–Crippen MR) is 519 cm³/mol. The van der Waals surface area contributed by atoms with Gasteiger partial charge in [-0.25, -0.2) is 9.59 Å². The van der Waals surface area contributed by atoms with Crippen LogP contribution >= 0.6 is 0 Å². The average molecular weight is 2040 g/mol. The van der Waals surface area contributed by atoms with Crippen LogP contribution in [0.25, 0.3) is 0 Å². The molecule has 28 nitrogen and oxygen atoms in total. The molecule has 28 atom stereocenters. The second kappa shape index (κ2) is 59.9. The van der Waals surface area contributed by atoms with E-state index >= 15 is 0 Å². The molecule has 137 heavy (non-hydrogen) atoms.